The summed E-state index contributed by atoms with van der Waals surface area (Å²) in [6.45, 7) is 2.10. The van der Waals surface area contributed by atoms with Crippen molar-refractivity contribution < 1.29 is 0 Å². The second-order valence-electron chi connectivity index (χ2n) is 3.36. The number of nitrogens with one attached hydrogen (secondary N) is 1. The molecule has 16 heavy (non-hydrogen) atoms. The maximum absolute atomic E-state index is 4.24. The first-order chi connectivity index (χ1) is 7.79. The van der Waals surface area contributed by atoms with Crippen molar-refractivity contribution in [1.29, 1.82) is 0 Å². The Morgan fingerprint density at radius 2 is 2.00 bits per heavy atom. The van der Waals surface area contributed by atoms with E-state index in [0.29, 0.717) is 0 Å². The lowest BCUT2D eigenvalue weighted by Gasteiger charge is -2.05. The number of aromatic nitrogens is 2. The number of aryl methyl sites for hydroxylation is 1. The summed E-state index contributed by atoms with van der Waals surface area (Å²) >= 11 is 1.65. The monoisotopic (exact) mass is 231 g/mol. The molecule has 0 aliphatic carbocycles. The first kappa shape index (κ1) is 11.0. The highest BCUT2D eigenvalue weighted by Crippen LogP contribution is 2.28. The van der Waals surface area contributed by atoms with Crippen LogP contribution in [0.3, 0.4) is 0 Å². The predicted octanol–water partition coefficient (Wildman–Crippen LogP) is 2.98. The molecular weight excluding hydrogens is 218 g/mol. The molecule has 4 heteroatoms. The number of hydrogen-bond acceptors (Lipinski definition) is 4. The summed E-state index contributed by atoms with van der Waals surface area (Å²) in [7, 11) is 1.85. The zero-order valence-electron chi connectivity index (χ0n) is 9.27. The van der Waals surface area contributed by atoms with Gasteiger partial charge in [-0.2, -0.15) is 0 Å². The van der Waals surface area contributed by atoms with Crippen molar-refractivity contribution in [2.75, 3.05) is 12.4 Å². The third-order valence-electron chi connectivity index (χ3n) is 2.21. The largest absolute Gasteiger partial charge is 0.373 e. The summed E-state index contributed by atoms with van der Waals surface area (Å²) in [5.41, 5.74) is 1.26. The minimum atomic E-state index is 0.839. The predicted molar refractivity (Wildman–Crippen MR) is 66.9 cm³/mol. The van der Waals surface area contributed by atoms with Gasteiger partial charge in [0.25, 0.3) is 0 Å². The molecule has 0 amide bonds. The molecule has 0 saturated carbocycles. The van der Waals surface area contributed by atoms with Crippen LogP contribution in [-0.2, 0) is 0 Å². The van der Waals surface area contributed by atoms with E-state index >= 15 is 0 Å². The lowest BCUT2D eigenvalue weighted by Crippen LogP contribution is -1.93. The molecule has 82 valence electrons. The Morgan fingerprint density at radius 1 is 1.19 bits per heavy atom. The zero-order chi connectivity index (χ0) is 11.4. The molecule has 2 aromatic rings. The van der Waals surface area contributed by atoms with Gasteiger partial charge in [0.05, 0.1) is 0 Å². The van der Waals surface area contributed by atoms with Crippen LogP contribution in [0.4, 0.5) is 5.82 Å². The fraction of sp³-hybridized carbons (Fsp3) is 0.167. The van der Waals surface area contributed by atoms with Gasteiger partial charge in [-0.3, -0.25) is 0 Å². The van der Waals surface area contributed by atoms with Gasteiger partial charge in [-0.25, -0.2) is 9.97 Å². The van der Waals surface area contributed by atoms with E-state index in [1.807, 2.05) is 25.2 Å². The van der Waals surface area contributed by atoms with Crippen LogP contribution in [0.15, 0.2) is 46.6 Å². The Balaban J connectivity index is 2.24. The Kier molecular flexibility index (Phi) is 3.41. The van der Waals surface area contributed by atoms with Gasteiger partial charge in [0.1, 0.15) is 17.2 Å². The SMILES string of the molecule is CNc1cc(Sc2ccccc2C)ncn1. The van der Waals surface area contributed by atoms with Crippen LogP contribution in [0.1, 0.15) is 5.56 Å². The van der Waals surface area contributed by atoms with Crippen molar-refractivity contribution in [3.8, 4) is 0 Å². The van der Waals surface area contributed by atoms with E-state index in [0.717, 1.165) is 10.8 Å². The van der Waals surface area contributed by atoms with Crippen molar-refractivity contribution in [2.24, 2.45) is 0 Å². The van der Waals surface area contributed by atoms with Gasteiger partial charge in [0.2, 0.25) is 0 Å². The molecule has 0 aliphatic rings. The van der Waals surface area contributed by atoms with E-state index < -0.39 is 0 Å². The number of hydrogen-bond donors (Lipinski definition) is 1. The summed E-state index contributed by atoms with van der Waals surface area (Å²) in [6.07, 6.45) is 1.58. The van der Waals surface area contributed by atoms with Crippen molar-refractivity contribution in [2.45, 2.75) is 16.8 Å². The van der Waals surface area contributed by atoms with Crippen LogP contribution in [0.2, 0.25) is 0 Å². The third kappa shape index (κ3) is 2.52. The van der Waals surface area contributed by atoms with Crippen LogP contribution >= 0.6 is 11.8 Å². The summed E-state index contributed by atoms with van der Waals surface area (Å²) in [6, 6.07) is 10.2. The quantitative estimate of drug-likeness (QED) is 0.824. The van der Waals surface area contributed by atoms with Crippen LogP contribution in [-0.4, -0.2) is 17.0 Å². The number of anilines is 1. The van der Waals surface area contributed by atoms with Gasteiger partial charge < -0.3 is 5.32 Å². The van der Waals surface area contributed by atoms with Gasteiger partial charge in [0.15, 0.2) is 0 Å². The molecule has 0 fully saturated rings. The maximum atomic E-state index is 4.24. The summed E-state index contributed by atoms with van der Waals surface area (Å²) in [4.78, 5) is 9.55. The fourth-order valence-corrected chi connectivity index (χ4v) is 2.19. The van der Waals surface area contributed by atoms with Gasteiger partial charge in [-0.15, -0.1) is 0 Å². The zero-order valence-corrected chi connectivity index (χ0v) is 10.1. The highest BCUT2D eigenvalue weighted by Gasteiger charge is 2.02. The molecule has 1 aromatic carbocycles. The van der Waals surface area contributed by atoms with Crippen LogP contribution in [0, 0.1) is 6.92 Å². The first-order valence-corrected chi connectivity index (χ1v) is 5.84. The van der Waals surface area contributed by atoms with Crippen molar-refractivity contribution in [3.63, 3.8) is 0 Å². The van der Waals surface area contributed by atoms with E-state index in [2.05, 4.69) is 34.3 Å². The Labute approximate surface area is 99.3 Å². The average Bonchev–Trinajstić information content (AvgIpc) is 2.32. The van der Waals surface area contributed by atoms with Gasteiger partial charge in [-0.05, 0) is 18.6 Å². The van der Waals surface area contributed by atoms with Crippen LogP contribution in [0.25, 0.3) is 0 Å². The average molecular weight is 231 g/mol. The lowest BCUT2D eigenvalue weighted by atomic mass is 10.2. The maximum Gasteiger partial charge on any atom is 0.130 e. The van der Waals surface area contributed by atoms with E-state index in [1.54, 1.807) is 18.1 Å². The second kappa shape index (κ2) is 4.99. The molecule has 1 N–H and O–H groups in total. The molecule has 3 nitrogen and oxygen atoms in total. The smallest absolute Gasteiger partial charge is 0.130 e. The number of rotatable bonds is 3. The third-order valence-corrected chi connectivity index (χ3v) is 3.32. The molecular formula is C12H13N3S. The standard InChI is InChI=1S/C12H13N3S/c1-9-5-3-4-6-10(9)16-12-7-11(13-2)14-8-15-12/h3-8H,1-2H3,(H,13,14,15). The summed E-state index contributed by atoms with van der Waals surface area (Å²) < 4.78 is 0. The van der Waals surface area contributed by atoms with Crippen molar-refractivity contribution >= 4 is 17.6 Å². The molecule has 0 aliphatic heterocycles. The van der Waals surface area contributed by atoms with E-state index in [9.17, 15) is 0 Å². The van der Waals surface area contributed by atoms with E-state index in [-0.39, 0.29) is 0 Å². The van der Waals surface area contributed by atoms with Crippen LogP contribution < -0.4 is 5.32 Å². The molecule has 2 rings (SSSR count). The first-order valence-electron chi connectivity index (χ1n) is 5.03. The second-order valence-corrected chi connectivity index (χ2v) is 4.42. The number of benzene rings is 1. The molecule has 0 unspecified atom stereocenters. The summed E-state index contributed by atoms with van der Waals surface area (Å²) in [5, 5.41) is 3.96. The lowest BCUT2D eigenvalue weighted by molar-refractivity contribution is 1.04. The topological polar surface area (TPSA) is 37.8 Å². The van der Waals surface area contributed by atoms with Crippen molar-refractivity contribution in [1.82, 2.24) is 9.97 Å². The van der Waals surface area contributed by atoms with Crippen molar-refractivity contribution in [3.05, 3.63) is 42.2 Å². The molecule has 0 bridgehead atoms. The minimum Gasteiger partial charge on any atom is -0.373 e. The highest BCUT2D eigenvalue weighted by molar-refractivity contribution is 7.99. The Morgan fingerprint density at radius 3 is 2.75 bits per heavy atom. The molecule has 0 saturated heterocycles. The highest BCUT2D eigenvalue weighted by atomic mass is 32.2. The van der Waals surface area contributed by atoms with Gasteiger partial charge in [0, 0.05) is 18.0 Å². The minimum absolute atomic E-state index is 0.839. The normalized spacial score (nSPS) is 10.1. The molecule has 0 radical (unpaired) electrons. The van der Waals surface area contributed by atoms with Gasteiger partial charge >= 0.3 is 0 Å². The number of nitrogens with zero attached hydrogens (tertiary/aromatic N) is 2. The van der Waals surface area contributed by atoms with Gasteiger partial charge in [-0.1, -0.05) is 30.0 Å². The van der Waals surface area contributed by atoms with Crippen LogP contribution in [0.5, 0.6) is 0 Å². The Hall–Kier alpha value is -1.55. The van der Waals surface area contributed by atoms with E-state index in [4.69, 9.17) is 0 Å². The molecule has 0 spiro atoms. The van der Waals surface area contributed by atoms with E-state index in [1.165, 1.54) is 10.5 Å². The summed E-state index contributed by atoms with van der Waals surface area (Å²) in [5.74, 6) is 0.839. The molecule has 1 heterocycles. The Bertz CT molecular complexity index is 485. The molecule has 0 atom stereocenters. The molecule has 1 aromatic heterocycles. The fourth-order valence-electron chi connectivity index (χ4n) is 1.32.